The second-order valence-corrected chi connectivity index (χ2v) is 7.92. The van der Waals surface area contributed by atoms with Crippen LogP contribution in [0.1, 0.15) is 5.56 Å². The first-order valence-corrected chi connectivity index (χ1v) is 9.83. The largest absolute Gasteiger partial charge is 0.353 e. The summed E-state index contributed by atoms with van der Waals surface area (Å²) in [6.07, 6.45) is 1.22. The van der Waals surface area contributed by atoms with Crippen molar-refractivity contribution >= 4 is 72.9 Å². The Kier molecular flexibility index (Phi) is 5.18. The second-order valence-electron chi connectivity index (χ2n) is 6.04. The van der Waals surface area contributed by atoms with Gasteiger partial charge in [0.1, 0.15) is 6.33 Å². The lowest BCUT2D eigenvalue weighted by Crippen LogP contribution is -2.05. The Morgan fingerprint density at radius 2 is 1.83 bits per heavy atom. The molecule has 2 aromatic carbocycles. The molecule has 29 heavy (non-hydrogen) atoms. The maximum Gasteiger partial charge on any atom is 0.353 e. The highest BCUT2D eigenvalue weighted by molar-refractivity contribution is 7.22. The van der Waals surface area contributed by atoms with E-state index in [1.807, 2.05) is 25.1 Å². The number of thiazole rings is 1. The predicted octanol–water partition coefficient (Wildman–Crippen LogP) is 6.10. The summed E-state index contributed by atoms with van der Waals surface area (Å²) < 4.78 is 0.968. The molecule has 0 saturated heterocycles. The lowest BCUT2D eigenvalue weighted by Gasteiger charge is -2.10. The highest BCUT2D eigenvalue weighted by Crippen LogP contribution is 2.37. The molecule has 146 valence electrons. The van der Waals surface area contributed by atoms with Crippen LogP contribution >= 0.6 is 34.5 Å². The summed E-state index contributed by atoms with van der Waals surface area (Å²) in [4.78, 5) is 23.7. The highest BCUT2D eigenvalue weighted by atomic mass is 35.5. The summed E-state index contributed by atoms with van der Waals surface area (Å²) in [5.41, 5.74) is 2.01. The lowest BCUT2D eigenvalue weighted by molar-refractivity contribution is -0.383. The number of benzene rings is 2. The minimum absolute atomic E-state index is 0.00585. The number of halogens is 2. The van der Waals surface area contributed by atoms with Gasteiger partial charge in [0, 0.05) is 5.02 Å². The molecule has 4 rings (SSSR count). The smallest absolute Gasteiger partial charge is 0.333 e. The van der Waals surface area contributed by atoms with E-state index >= 15 is 0 Å². The number of rotatable bonds is 5. The van der Waals surface area contributed by atoms with Gasteiger partial charge in [-0.2, -0.15) is 0 Å². The highest BCUT2D eigenvalue weighted by Gasteiger charge is 2.24. The molecule has 2 heterocycles. The van der Waals surface area contributed by atoms with Gasteiger partial charge in [0.15, 0.2) is 5.13 Å². The number of nitro groups is 1. The van der Waals surface area contributed by atoms with Gasteiger partial charge in [-0.05, 0) is 42.8 Å². The van der Waals surface area contributed by atoms with Crippen LogP contribution in [0.25, 0.3) is 10.2 Å². The standard InChI is InChI=1S/C18H12Cl2N6O2S/c1-9-2-4-13-14(6-9)29-18(24-13)25-17-15(26(27)28)16(21-8-22-17)23-12-5-3-10(19)7-11(12)20/h2-8H,1H3,(H2,21,22,23,24,25). The van der Waals surface area contributed by atoms with Gasteiger partial charge in [0.25, 0.3) is 0 Å². The minimum atomic E-state index is -0.564. The Morgan fingerprint density at radius 1 is 1.07 bits per heavy atom. The third-order valence-electron chi connectivity index (χ3n) is 3.96. The van der Waals surface area contributed by atoms with E-state index in [9.17, 15) is 10.1 Å². The van der Waals surface area contributed by atoms with Gasteiger partial charge in [0.05, 0.1) is 25.8 Å². The molecule has 0 unspecified atom stereocenters. The Hall–Kier alpha value is -3.01. The number of nitrogens with zero attached hydrogens (tertiary/aromatic N) is 4. The van der Waals surface area contributed by atoms with E-state index in [0.717, 1.165) is 15.8 Å². The van der Waals surface area contributed by atoms with Crippen molar-refractivity contribution in [1.29, 1.82) is 0 Å². The fourth-order valence-electron chi connectivity index (χ4n) is 2.64. The van der Waals surface area contributed by atoms with Crippen molar-refractivity contribution in [1.82, 2.24) is 15.0 Å². The molecule has 0 atom stereocenters. The van der Waals surface area contributed by atoms with E-state index in [2.05, 4.69) is 25.6 Å². The average molecular weight is 447 g/mol. The number of aromatic nitrogens is 3. The fraction of sp³-hybridized carbons (Fsp3) is 0.0556. The van der Waals surface area contributed by atoms with Gasteiger partial charge in [0.2, 0.25) is 11.6 Å². The number of anilines is 4. The Labute approximate surface area is 178 Å². The molecular weight excluding hydrogens is 435 g/mol. The Bertz CT molecular complexity index is 1250. The number of hydrogen-bond donors (Lipinski definition) is 2. The number of nitrogens with one attached hydrogen (secondary N) is 2. The normalized spacial score (nSPS) is 10.9. The zero-order valence-electron chi connectivity index (χ0n) is 14.8. The summed E-state index contributed by atoms with van der Waals surface area (Å²) in [5.74, 6) is 0.0158. The maximum absolute atomic E-state index is 11.8. The van der Waals surface area contributed by atoms with Crippen molar-refractivity contribution in [2.24, 2.45) is 0 Å². The number of fused-ring (bicyclic) bond motifs is 1. The Morgan fingerprint density at radius 3 is 2.55 bits per heavy atom. The van der Waals surface area contributed by atoms with E-state index in [1.165, 1.54) is 23.7 Å². The first-order chi connectivity index (χ1) is 13.9. The number of hydrogen-bond acceptors (Lipinski definition) is 8. The molecule has 2 N–H and O–H groups in total. The molecule has 11 heteroatoms. The molecule has 0 radical (unpaired) electrons. The lowest BCUT2D eigenvalue weighted by atomic mass is 10.2. The molecule has 0 bridgehead atoms. The summed E-state index contributed by atoms with van der Waals surface area (Å²) in [6.45, 7) is 1.99. The van der Waals surface area contributed by atoms with Crippen LogP contribution in [0.5, 0.6) is 0 Å². The van der Waals surface area contributed by atoms with Crippen LogP contribution in [-0.2, 0) is 0 Å². The molecule has 8 nitrogen and oxygen atoms in total. The molecule has 2 aromatic heterocycles. The van der Waals surface area contributed by atoms with Crippen LogP contribution in [0.3, 0.4) is 0 Å². The Balaban J connectivity index is 1.71. The van der Waals surface area contributed by atoms with E-state index in [0.29, 0.717) is 20.9 Å². The van der Waals surface area contributed by atoms with E-state index in [-0.39, 0.29) is 17.3 Å². The molecule has 0 spiro atoms. The molecular formula is C18H12Cl2N6O2S. The van der Waals surface area contributed by atoms with E-state index in [4.69, 9.17) is 23.2 Å². The SMILES string of the molecule is Cc1ccc2nc(Nc3ncnc(Nc4ccc(Cl)cc4Cl)c3[N+](=O)[O-])sc2c1. The van der Waals surface area contributed by atoms with Crippen LogP contribution in [0.15, 0.2) is 42.7 Å². The van der Waals surface area contributed by atoms with Crippen LogP contribution < -0.4 is 10.6 Å². The maximum atomic E-state index is 11.8. The minimum Gasteiger partial charge on any atom is -0.333 e. The van der Waals surface area contributed by atoms with Crippen molar-refractivity contribution < 1.29 is 4.92 Å². The first-order valence-electron chi connectivity index (χ1n) is 8.26. The summed E-state index contributed by atoms with van der Waals surface area (Å²) in [7, 11) is 0. The van der Waals surface area contributed by atoms with Gasteiger partial charge in [-0.3, -0.25) is 10.1 Å². The monoisotopic (exact) mass is 446 g/mol. The zero-order valence-corrected chi connectivity index (χ0v) is 17.1. The van der Waals surface area contributed by atoms with Gasteiger partial charge in [-0.25, -0.2) is 15.0 Å². The van der Waals surface area contributed by atoms with Gasteiger partial charge in [-0.1, -0.05) is 40.6 Å². The molecule has 4 aromatic rings. The van der Waals surface area contributed by atoms with Crippen molar-refractivity contribution in [2.75, 3.05) is 10.6 Å². The van der Waals surface area contributed by atoms with Crippen molar-refractivity contribution in [2.45, 2.75) is 6.92 Å². The van der Waals surface area contributed by atoms with Gasteiger partial charge < -0.3 is 10.6 Å². The van der Waals surface area contributed by atoms with Crippen LogP contribution in [0, 0.1) is 17.0 Å². The first kappa shape index (κ1) is 19.3. The third kappa shape index (κ3) is 4.07. The summed E-state index contributed by atoms with van der Waals surface area (Å²) >= 11 is 13.4. The van der Waals surface area contributed by atoms with Crippen molar-refractivity contribution in [3.8, 4) is 0 Å². The van der Waals surface area contributed by atoms with Crippen LogP contribution in [-0.4, -0.2) is 19.9 Å². The van der Waals surface area contributed by atoms with Gasteiger partial charge >= 0.3 is 5.69 Å². The van der Waals surface area contributed by atoms with Crippen LogP contribution in [0.2, 0.25) is 10.0 Å². The van der Waals surface area contributed by atoms with E-state index in [1.54, 1.807) is 12.1 Å². The van der Waals surface area contributed by atoms with Gasteiger partial charge in [-0.15, -0.1) is 0 Å². The molecule has 0 fully saturated rings. The van der Waals surface area contributed by atoms with Crippen molar-refractivity contribution in [3.63, 3.8) is 0 Å². The fourth-order valence-corrected chi connectivity index (χ4v) is 4.06. The van der Waals surface area contributed by atoms with Crippen LogP contribution in [0.4, 0.5) is 28.1 Å². The number of aryl methyl sites for hydroxylation is 1. The molecule has 0 aliphatic heterocycles. The molecule has 0 amide bonds. The van der Waals surface area contributed by atoms with Crippen molar-refractivity contribution in [3.05, 3.63) is 68.4 Å². The topological polar surface area (TPSA) is 106 Å². The predicted molar refractivity (Wildman–Crippen MR) is 116 cm³/mol. The summed E-state index contributed by atoms with van der Waals surface area (Å²) in [5, 5.41) is 18.8. The molecule has 0 aliphatic carbocycles. The zero-order chi connectivity index (χ0) is 20.5. The molecule has 0 saturated carbocycles. The average Bonchev–Trinajstić information content (AvgIpc) is 3.05. The second kappa shape index (κ2) is 7.78. The summed E-state index contributed by atoms with van der Waals surface area (Å²) in [6, 6.07) is 10.6. The van der Waals surface area contributed by atoms with E-state index < -0.39 is 4.92 Å². The molecule has 0 aliphatic rings. The third-order valence-corrected chi connectivity index (χ3v) is 5.44. The quantitative estimate of drug-likeness (QED) is 0.281.